The Hall–Kier alpha value is -0.410. The Morgan fingerprint density at radius 1 is 1.33 bits per heavy atom. The minimum Gasteiger partial charge on any atom is -0.392 e. The maximum Gasteiger partial charge on any atom is 0.242 e. The SMILES string of the molecule is O=S(=O)(NCC1COCCO1)c1ccc(Cl)c(CO)c1Cl. The zero-order chi connectivity index (χ0) is 15.5. The van der Waals surface area contributed by atoms with Gasteiger partial charge >= 0.3 is 0 Å². The fraction of sp³-hybridized carbons (Fsp3) is 0.500. The molecule has 21 heavy (non-hydrogen) atoms. The van der Waals surface area contributed by atoms with E-state index in [1.165, 1.54) is 12.1 Å². The third-order valence-electron chi connectivity index (χ3n) is 2.98. The first-order valence-corrected chi connectivity index (χ1v) is 8.46. The van der Waals surface area contributed by atoms with Crippen LogP contribution in [0.1, 0.15) is 5.56 Å². The summed E-state index contributed by atoms with van der Waals surface area (Å²) in [5.41, 5.74) is 0.179. The van der Waals surface area contributed by atoms with Gasteiger partial charge in [0.05, 0.1) is 37.6 Å². The van der Waals surface area contributed by atoms with Gasteiger partial charge in [0.2, 0.25) is 10.0 Å². The van der Waals surface area contributed by atoms with Gasteiger partial charge in [-0.25, -0.2) is 13.1 Å². The van der Waals surface area contributed by atoms with E-state index in [1.54, 1.807) is 0 Å². The van der Waals surface area contributed by atoms with Crippen LogP contribution < -0.4 is 4.72 Å². The minimum atomic E-state index is -3.83. The predicted molar refractivity (Wildman–Crippen MR) is 78.1 cm³/mol. The predicted octanol–water partition coefficient (Wildman–Crippen LogP) is 1.18. The van der Waals surface area contributed by atoms with E-state index in [9.17, 15) is 13.5 Å². The van der Waals surface area contributed by atoms with Crippen molar-refractivity contribution in [3.8, 4) is 0 Å². The summed E-state index contributed by atoms with van der Waals surface area (Å²) in [5.74, 6) is 0. The van der Waals surface area contributed by atoms with Gasteiger partial charge in [0.15, 0.2) is 0 Å². The molecule has 2 N–H and O–H groups in total. The number of ether oxygens (including phenoxy) is 2. The van der Waals surface area contributed by atoms with Gasteiger partial charge in [-0.2, -0.15) is 0 Å². The fourth-order valence-electron chi connectivity index (χ4n) is 1.86. The molecule has 1 saturated heterocycles. The summed E-state index contributed by atoms with van der Waals surface area (Å²) in [5, 5.41) is 9.33. The average molecular weight is 356 g/mol. The van der Waals surface area contributed by atoms with Crippen LogP contribution in [-0.4, -0.2) is 46.0 Å². The van der Waals surface area contributed by atoms with Crippen molar-refractivity contribution in [2.75, 3.05) is 26.4 Å². The molecule has 0 amide bonds. The molecule has 0 saturated carbocycles. The molecule has 1 aliphatic rings. The highest BCUT2D eigenvalue weighted by molar-refractivity contribution is 7.89. The number of hydrogen-bond donors (Lipinski definition) is 2. The molecule has 1 atom stereocenters. The number of aliphatic hydroxyl groups excluding tert-OH is 1. The Balaban J connectivity index is 2.15. The zero-order valence-electron chi connectivity index (χ0n) is 11.0. The first-order chi connectivity index (χ1) is 9.95. The van der Waals surface area contributed by atoms with Crippen LogP contribution in [0.2, 0.25) is 10.0 Å². The highest BCUT2D eigenvalue weighted by atomic mass is 35.5. The van der Waals surface area contributed by atoms with E-state index >= 15 is 0 Å². The maximum absolute atomic E-state index is 12.3. The molecule has 0 aromatic heterocycles. The quantitative estimate of drug-likeness (QED) is 0.828. The molecule has 1 unspecified atom stereocenters. The van der Waals surface area contributed by atoms with Crippen molar-refractivity contribution in [3.63, 3.8) is 0 Å². The lowest BCUT2D eigenvalue weighted by Crippen LogP contribution is -2.39. The van der Waals surface area contributed by atoms with Crippen LogP contribution in [0.15, 0.2) is 17.0 Å². The summed E-state index contributed by atoms with van der Waals surface area (Å²) >= 11 is 11.9. The Labute approximate surface area is 133 Å². The molecular weight excluding hydrogens is 341 g/mol. The Morgan fingerprint density at radius 2 is 2.10 bits per heavy atom. The Morgan fingerprint density at radius 3 is 2.71 bits per heavy atom. The zero-order valence-corrected chi connectivity index (χ0v) is 13.3. The number of hydrogen-bond acceptors (Lipinski definition) is 5. The number of rotatable bonds is 5. The number of benzene rings is 1. The number of nitrogens with one attached hydrogen (secondary N) is 1. The molecular formula is C12H15Cl2NO5S. The maximum atomic E-state index is 12.3. The molecule has 1 fully saturated rings. The topological polar surface area (TPSA) is 84.9 Å². The van der Waals surface area contributed by atoms with Crippen molar-refractivity contribution in [1.29, 1.82) is 0 Å². The minimum absolute atomic E-state index is 0.0791. The number of halogens is 2. The van der Waals surface area contributed by atoms with Gasteiger partial charge in [-0.05, 0) is 12.1 Å². The summed E-state index contributed by atoms with van der Waals surface area (Å²) in [6.07, 6.45) is -0.336. The monoisotopic (exact) mass is 355 g/mol. The van der Waals surface area contributed by atoms with E-state index in [0.717, 1.165) is 0 Å². The van der Waals surface area contributed by atoms with Gasteiger partial charge in [0.25, 0.3) is 0 Å². The first-order valence-electron chi connectivity index (χ1n) is 6.22. The van der Waals surface area contributed by atoms with Crippen molar-refractivity contribution >= 4 is 33.2 Å². The summed E-state index contributed by atoms with van der Waals surface area (Å²) in [6.45, 7) is 0.907. The molecule has 9 heteroatoms. The van der Waals surface area contributed by atoms with Crippen LogP contribution in [0.25, 0.3) is 0 Å². The van der Waals surface area contributed by atoms with Crippen molar-refractivity contribution in [2.24, 2.45) is 0 Å². The molecule has 2 rings (SSSR count). The summed E-state index contributed by atoms with van der Waals surface area (Å²) in [4.78, 5) is -0.130. The van der Waals surface area contributed by atoms with Gasteiger partial charge in [-0.1, -0.05) is 23.2 Å². The van der Waals surface area contributed by atoms with Crippen LogP contribution in [-0.2, 0) is 26.1 Å². The molecule has 6 nitrogen and oxygen atoms in total. The second kappa shape index (κ2) is 7.23. The van der Waals surface area contributed by atoms with Crippen LogP contribution in [0.4, 0.5) is 0 Å². The van der Waals surface area contributed by atoms with E-state index in [0.29, 0.717) is 19.8 Å². The second-order valence-electron chi connectivity index (χ2n) is 4.42. The molecule has 0 spiro atoms. The van der Waals surface area contributed by atoms with Crippen LogP contribution in [0.3, 0.4) is 0 Å². The fourth-order valence-corrected chi connectivity index (χ4v) is 3.83. The normalized spacial score (nSPS) is 19.7. The summed E-state index contributed by atoms with van der Waals surface area (Å²) in [6, 6.07) is 2.68. The smallest absolute Gasteiger partial charge is 0.242 e. The van der Waals surface area contributed by atoms with Gasteiger partial charge < -0.3 is 14.6 Å². The van der Waals surface area contributed by atoms with E-state index in [4.69, 9.17) is 32.7 Å². The number of aliphatic hydroxyl groups is 1. The highest BCUT2D eigenvalue weighted by Crippen LogP contribution is 2.30. The molecule has 118 valence electrons. The van der Waals surface area contributed by atoms with Gasteiger partial charge in [-0.3, -0.25) is 0 Å². The second-order valence-corrected chi connectivity index (χ2v) is 6.94. The molecule has 1 aliphatic heterocycles. The lowest BCUT2D eigenvalue weighted by molar-refractivity contribution is -0.0846. The van der Waals surface area contributed by atoms with Crippen LogP contribution >= 0.6 is 23.2 Å². The third kappa shape index (κ3) is 4.07. The van der Waals surface area contributed by atoms with Gasteiger partial charge in [0, 0.05) is 17.1 Å². The molecule has 0 aliphatic carbocycles. The lowest BCUT2D eigenvalue weighted by atomic mass is 10.2. The highest BCUT2D eigenvalue weighted by Gasteiger charge is 2.23. The summed E-state index contributed by atoms with van der Waals surface area (Å²) in [7, 11) is -3.83. The van der Waals surface area contributed by atoms with E-state index in [2.05, 4.69) is 4.72 Å². The van der Waals surface area contributed by atoms with Crippen molar-refractivity contribution in [1.82, 2.24) is 4.72 Å². The molecule has 1 heterocycles. The van der Waals surface area contributed by atoms with Crippen LogP contribution in [0.5, 0.6) is 0 Å². The van der Waals surface area contributed by atoms with Gasteiger partial charge in [-0.15, -0.1) is 0 Å². The third-order valence-corrected chi connectivity index (χ3v) is 5.35. The van der Waals surface area contributed by atoms with Crippen molar-refractivity contribution in [3.05, 3.63) is 27.7 Å². The van der Waals surface area contributed by atoms with Gasteiger partial charge in [0.1, 0.15) is 4.90 Å². The first kappa shape index (κ1) is 17.0. The molecule has 1 aromatic rings. The molecule has 0 radical (unpaired) electrons. The van der Waals surface area contributed by atoms with Crippen LogP contribution in [0, 0.1) is 0 Å². The lowest BCUT2D eigenvalue weighted by Gasteiger charge is -2.23. The van der Waals surface area contributed by atoms with E-state index in [1.807, 2.05) is 0 Å². The Bertz CT molecular complexity index is 602. The summed E-state index contributed by atoms with van der Waals surface area (Å²) < 4.78 is 37.5. The van der Waals surface area contributed by atoms with Crippen molar-refractivity contribution < 1.29 is 23.0 Å². The standard InChI is InChI=1S/C12H15Cl2NO5S/c13-10-1-2-11(12(14)9(10)6-16)21(17,18)15-5-8-7-19-3-4-20-8/h1-2,8,15-16H,3-7H2. The van der Waals surface area contributed by atoms with E-state index < -0.39 is 16.6 Å². The van der Waals surface area contributed by atoms with E-state index in [-0.39, 0.29) is 33.2 Å². The molecule has 0 bridgehead atoms. The Kier molecular flexibility index (Phi) is 5.84. The number of sulfonamides is 1. The van der Waals surface area contributed by atoms with Crippen molar-refractivity contribution in [2.45, 2.75) is 17.6 Å². The average Bonchev–Trinajstić information content (AvgIpc) is 2.46. The molecule has 1 aromatic carbocycles. The largest absolute Gasteiger partial charge is 0.392 e.